The van der Waals surface area contributed by atoms with Crippen LogP contribution in [0.1, 0.15) is 52.7 Å². The number of amides is 1. The summed E-state index contributed by atoms with van der Waals surface area (Å²) in [6.07, 6.45) is -0.197. The Kier molecular flexibility index (Phi) is 9.21. The molecule has 1 aliphatic rings. The Morgan fingerprint density at radius 2 is 1.53 bits per heavy atom. The van der Waals surface area contributed by atoms with E-state index in [9.17, 15) is 39.6 Å². The summed E-state index contributed by atoms with van der Waals surface area (Å²) in [6, 6.07) is 18.8. The molecule has 0 bridgehead atoms. The van der Waals surface area contributed by atoms with Crippen LogP contribution in [0.4, 0.5) is 24.5 Å². The molecule has 1 heterocycles. The number of rotatable bonds is 10. The lowest BCUT2D eigenvalue weighted by molar-refractivity contribution is -0.136. The molecule has 0 saturated heterocycles. The van der Waals surface area contributed by atoms with E-state index in [1.54, 1.807) is 31.2 Å². The van der Waals surface area contributed by atoms with Crippen LogP contribution in [0.2, 0.25) is 0 Å². The predicted octanol–water partition coefficient (Wildman–Crippen LogP) is 5.45. The first-order chi connectivity index (χ1) is 20.1. The minimum absolute atomic E-state index is 0.0495. The van der Waals surface area contributed by atoms with Gasteiger partial charge in [0.2, 0.25) is 0 Å². The second-order valence-electron chi connectivity index (χ2n) is 10.0. The summed E-state index contributed by atoms with van der Waals surface area (Å²) in [5.74, 6) is -2.33. The molecule has 1 aliphatic heterocycles. The van der Waals surface area contributed by atoms with Crippen molar-refractivity contribution < 1.29 is 43.8 Å². The zero-order valence-corrected chi connectivity index (χ0v) is 24.9. The van der Waals surface area contributed by atoms with Crippen LogP contribution in [-0.4, -0.2) is 52.1 Å². The first-order valence-electron chi connectivity index (χ1n) is 13.2. The highest BCUT2D eigenvalue weighted by molar-refractivity contribution is 7.89. The predicted molar refractivity (Wildman–Crippen MR) is 153 cm³/mol. The number of unbranched alkanes of at least 4 members (excludes halogenated alkanes) is 2. The number of anilines is 2. The molecule has 0 spiro atoms. The quantitative estimate of drug-likeness (QED) is 0.163. The Morgan fingerprint density at radius 1 is 0.884 bits per heavy atom. The van der Waals surface area contributed by atoms with E-state index in [4.69, 9.17) is 0 Å². The zero-order valence-electron chi connectivity index (χ0n) is 23.3. The van der Waals surface area contributed by atoms with Crippen molar-refractivity contribution in [2.24, 2.45) is 0 Å². The SMILES string of the molecule is Cc1ccc(S(=O)(=O)N(CCCCCC(=O)OS(=O)(=O)C(F)(F)F)C(=O)c2cccc3c2Cc2ccccc2N3C)cc1. The van der Waals surface area contributed by atoms with Crippen molar-refractivity contribution in [3.63, 3.8) is 0 Å². The molecule has 1 amide bonds. The van der Waals surface area contributed by atoms with E-state index in [1.165, 1.54) is 12.1 Å². The van der Waals surface area contributed by atoms with Gasteiger partial charge in [-0.3, -0.25) is 9.59 Å². The maximum absolute atomic E-state index is 14.0. The monoisotopic (exact) mass is 638 g/mol. The number of carbonyl (C=O) groups is 2. The van der Waals surface area contributed by atoms with Crippen LogP contribution in [0.3, 0.4) is 0 Å². The van der Waals surface area contributed by atoms with E-state index >= 15 is 0 Å². The van der Waals surface area contributed by atoms with Gasteiger partial charge in [-0.05, 0) is 61.2 Å². The number of para-hydroxylation sites is 1. The van der Waals surface area contributed by atoms with Gasteiger partial charge in [-0.1, -0.05) is 48.4 Å². The van der Waals surface area contributed by atoms with Gasteiger partial charge in [-0.2, -0.15) is 21.6 Å². The topological polar surface area (TPSA) is 118 Å². The Balaban J connectivity index is 1.56. The molecule has 14 heteroatoms. The van der Waals surface area contributed by atoms with Crippen LogP contribution in [-0.2, 0) is 35.5 Å². The lowest BCUT2D eigenvalue weighted by atomic mass is 9.92. The molecule has 3 aromatic rings. The molecular formula is C29H29F3N2O7S2. The number of nitrogens with zero attached hydrogens (tertiary/aromatic N) is 2. The lowest BCUT2D eigenvalue weighted by Gasteiger charge is -2.32. The summed E-state index contributed by atoms with van der Waals surface area (Å²) in [7, 11) is -8.54. The third-order valence-electron chi connectivity index (χ3n) is 7.03. The molecule has 0 atom stereocenters. The molecule has 0 aliphatic carbocycles. The molecule has 0 radical (unpaired) electrons. The number of alkyl halides is 3. The van der Waals surface area contributed by atoms with Gasteiger partial charge in [0.05, 0.1) is 4.90 Å². The first-order valence-corrected chi connectivity index (χ1v) is 16.1. The van der Waals surface area contributed by atoms with E-state index < -0.39 is 43.9 Å². The van der Waals surface area contributed by atoms with Crippen molar-refractivity contribution >= 4 is 43.4 Å². The number of benzene rings is 3. The number of hydrogen-bond donors (Lipinski definition) is 0. The molecule has 3 aromatic carbocycles. The maximum atomic E-state index is 14.0. The number of hydrogen-bond acceptors (Lipinski definition) is 8. The fraction of sp³-hybridized carbons (Fsp3) is 0.310. The van der Waals surface area contributed by atoms with Crippen molar-refractivity contribution in [3.8, 4) is 0 Å². The van der Waals surface area contributed by atoms with Gasteiger partial charge in [0.1, 0.15) is 0 Å². The van der Waals surface area contributed by atoms with Gasteiger partial charge >= 0.3 is 21.6 Å². The average molecular weight is 639 g/mol. The summed E-state index contributed by atoms with van der Waals surface area (Å²) < 4.78 is 91.3. The van der Waals surface area contributed by atoms with Gasteiger partial charge in [0.25, 0.3) is 15.9 Å². The van der Waals surface area contributed by atoms with Crippen molar-refractivity contribution in [1.82, 2.24) is 4.31 Å². The minimum atomic E-state index is -6.06. The molecule has 0 fully saturated rings. The molecular weight excluding hydrogens is 609 g/mol. The Hall–Kier alpha value is -3.91. The number of carbonyl (C=O) groups excluding carboxylic acids is 2. The molecule has 9 nitrogen and oxygen atoms in total. The van der Waals surface area contributed by atoms with E-state index in [0.29, 0.717) is 12.0 Å². The summed E-state index contributed by atoms with van der Waals surface area (Å²) >= 11 is 0. The van der Waals surface area contributed by atoms with Gasteiger partial charge in [-0.25, -0.2) is 12.7 Å². The maximum Gasteiger partial charge on any atom is 0.534 e. The number of sulfonamides is 1. The fourth-order valence-electron chi connectivity index (χ4n) is 4.80. The normalized spacial score (nSPS) is 13.2. The first kappa shape index (κ1) is 32.0. The Morgan fingerprint density at radius 3 is 2.21 bits per heavy atom. The number of aryl methyl sites for hydroxylation is 1. The average Bonchev–Trinajstić information content (AvgIpc) is 2.94. The summed E-state index contributed by atoms with van der Waals surface area (Å²) in [5.41, 5.74) is -1.38. The van der Waals surface area contributed by atoms with Gasteiger partial charge in [0, 0.05) is 43.4 Å². The summed E-state index contributed by atoms with van der Waals surface area (Å²) in [4.78, 5) is 27.5. The highest BCUT2D eigenvalue weighted by Gasteiger charge is 2.49. The lowest BCUT2D eigenvalue weighted by Crippen LogP contribution is -2.38. The van der Waals surface area contributed by atoms with Crippen LogP contribution in [0.5, 0.6) is 0 Å². The van der Waals surface area contributed by atoms with Crippen LogP contribution >= 0.6 is 0 Å². The van der Waals surface area contributed by atoms with Gasteiger partial charge < -0.3 is 9.08 Å². The molecule has 0 unspecified atom stereocenters. The van der Waals surface area contributed by atoms with E-state index in [0.717, 1.165) is 26.8 Å². The van der Waals surface area contributed by atoms with E-state index in [1.807, 2.05) is 42.3 Å². The van der Waals surface area contributed by atoms with Crippen molar-refractivity contribution in [1.29, 1.82) is 0 Å². The zero-order chi connectivity index (χ0) is 31.6. The second-order valence-corrected chi connectivity index (χ2v) is 13.4. The Labute approximate surface area is 248 Å². The third kappa shape index (κ3) is 6.85. The van der Waals surface area contributed by atoms with Crippen LogP contribution in [0.15, 0.2) is 71.6 Å². The van der Waals surface area contributed by atoms with Crippen LogP contribution in [0.25, 0.3) is 0 Å². The summed E-state index contributed by atoms with van der Waals surface area (Å²) in [5, 5.41) is 0. The fourth-order valence-corrected chi connectivity index (χ4v) is 6.64. The van der Waals surface area contributed by atoms with Crippen molar-refractivity contribution in [3.05, 3.63) is 89.0 Å². The van der Waals surface area contributed by atoms with E-state index in [2.05, 4.69) is 4.18 Å². The van der Waals surface area contributed by atoms with Crippen molar-refractivity contribution in [2.75, 3.05) is 18.5 Å². The molecule has 0 aromatic heterocycles. The smallest absolute Gasteiger partial charge is 0.344 e. The highest BCUT2D eigenvalue weighted by Crippen LogP contribution is 2.39. The minimum Gasteiger partial charge on any atom is -0.344 e. The molecule has 230 valence electrons. The van der Waals surface area contributed by atoms with Gasteiger partial charge in [-0.15, -0.1) is 0 Å². The number of halogens is 3. The second kappa shape index (κ2) is 12.4. The standard InChI is InChI=1S/C29H29F3N2O7S2/c1-20-14-16-22(17-15-20)42(37,38)34(18-7-3-4-13-27(35)41-43(39,40)29(30,31)32)28(36)23-10-8-12-26-24(23)19-21-9-5-6-11-25(21)33(26)2/h5-6,8-12,14-17H,3-4,7,13,18-19H2,1-2H3. The molecule has 0 N–H and O–H groups in total. The Bertz CT molecular complexity index is 1740. The molecule has 4 rings (SSSR count). The highest BCUT2D eigenvalue weighted by atomic mass is 32.2. The van der Waals surface area contributed by atoms with Gasteiger partial charge in [0.15, 0.2) is 0 Å². The number of fused-ring (bicyclic) bond motifs is 2. The van der Waals surface area contributed by atoms with Crippen LogP contribution in [0, 0.1) is 6.92 Å². The third-order valence-corrected chi connectivity index (χ3v) is 9.80. The molecule has 43 heavy (non-hydrogen) atoms. The largest absolute Gasteiger partial charge is 0.534 e. The molecule has 0 saturated carbocycles. The van der Waals surface area contributed by atoms with Crippen LogP contribution < -0.4 is 4.90 Å². The van der Waals surface area contributed by atoms with E-state index in [-0.39, 0.29) is 36.3 Å². The van der Waals surface area contributed by atoms with Crippen molar-refractivity contribution in [2.45, 2.75) is 49.4 Å². The summed E-state index contributed by atoms with van der Waals surface area (Å²) in [6.45, 7) is 1.50.